The first-order chi connectivity index (χ1) is 10.5. The van der Waals surface area contributed by atoms with Gasteiger partial charge in [0.05, 0.1) is 12.7 Å². The minimum atomic E-state index is -0.0829. The van der Waals surface area contributed by atoms with Crippen LogP contribution >= 0.6 is 28.1 Å². The number of rotatable bonds is 2. The van der Waals surface area contributed by atoms with E-state index in [0.29, 0.717) is 23.2 Å². The maximum atomic E-state index is 6.07. The number of thiocarbonyl (C=S) groups is 1. The van der Waals surface area contributed by atoms with Crippen molar-refractivity contribution in [3.63, 3.8) is 0 Å². The van der Waals surface area contributed by atoms with Gasteiger partial charge >= 0.3 is 0 Å². The lowest BCUT2D eigenvalue weighted by molar-refractivity contribution is 0.00455. The summed E-state index contributed by atoms with van der Waals surface area (Å²) in [6, 6.07) is 3.74. The fourth-order valence-corrected chi connectivity index (χ4v) is 3.21. The Balaban J connectivity index is 1.69. The van der Waals surface area contributed by atoms with Gasteiger partial charge in [0.1, 0.15) is 5.69 Å². The van der Waals surface area contributed by atoms with Gasteiger partial charge in [-0.05, 0) is 53.6 Å². The lowest BCUT2D eigenvalue weighted by atomic mass is 10.0. The van der Waals surface area contributed by atoms with Crippen LogP contribution in [0.2, 0.25) is 0 Å². The second kappa shape index (κ2) is 6.57. The van der Waals surface area contributed by atoms with E-state index in [1.54, 1.807) is 0 Å². The van der Waals surface area contributed by atoms with Crippen LogP contribution < -0.4 is 25.8 Å². The second-order valence-corrected chi connectivity index (χ2v) is 6.67. The molecule has 2 aliphatic rings. The van der Waals surface area contributed by atoms with Crippen LogP contribution in [-0.2, 0) is 4.74 Å². The van der Waals surface area contributed by atoms with Gasteiger partial charge in [-0.25, -0.2) is 0 Å². The molecule has 1 aromatic carbocycles. The molecular weight excluding hydrogens is 370 g/mol. The molecule has 1 aromatic rings. The Labute approximate surface area is 142 Å². The molecule has 2 aliphatic heterocycles. The molecule has 4 N–H and O–H groups in total. The molecule has 0 bridgehead atoms. The minimum absolute atomic E-state index is 0.0801. The van der Waals surface area contributed by atoms with E-state index in [2.05, 4.69) is 26.6 Å². The summed E-state index contributed by atoms with van der Waals surface area (Å²) in [4.78, 5) is 0. The number of hydrogen-bond acceptors (Lipinski definition) is 5. The van der Waals surface area contributed by atoms with Gasteiger partial charge in [0.25, 0.3) is 0 Å². The SMILES string of the molecule is C[C@H]1C[C@@H](NC(=S)Nc2c(Br)ccc3c2OCO3)[C@@H](N)CO1. The number of benzene rings is 1. The Kier molecular flexibility index (Phi) is 4.72. The number of nitrogens with two attached hydrogens (primary N) is 1. The number of fused-ring (bicyclic) bond motifs is 1. The molecule has 1 saturated heterocycles. The Hall–Kier alpha value is -1.09. The first-order valence-electron chi connectivity index (χ1n) is 7.07. The van der Waals surface area contributed by atoms with Gasteiger partial charge in [-0.3, -0.25) is 0 Å². The van der Waals surface area contributed by atoms with Gasteiger partial charge in [0.2, 0.25) is 6.79 Å². The quantitative estimate of drug-likeness (QED) is 0.669. The Morgan fingerprint density at radius 1 is 1.41 bits per heavy atom. The topological polar surface area (TPSA) is 77.8 Å². The molecule has 22 heavy (non-hydrogen) atoms. The van der Waals surface area contributed by atoms with Crippen molar-refractivity contribution in [3.8, 4) is 11.5 Å². The normalized spacial score (nSPS) is 26.6. The molecular formula is C14H18BrN3O3S. The highest BCUT2D eigenvalue weighted by atomic mass is 79.9. The molecule has 0 amide bonds. The molecule has 6 nitrogen and oxygen atoms in total. The summed E-state index contributed by atoms with van der Waals surface area (Å²) in [7, 11) is 0. The van der Waals surface area contributed by atoms with E-state index in [-0.39, 0.29) is 25.0 Å². The minimum Gasteiger partial charge on any atom is -0.454 e. The third kappa shape index (κ3) is 3.29. The van der Waals surface area contributed by atoms with Crippen molar-refractivity contribution in [1.82, 2.24) is 5.32 Å². The van der Waals surface area contributed by atoms with Gasteiger partial charge in [-0.1, -0.05) is 0 Å². The molecule has 1 fully saturated rings. The monoisotopic (exact) mass is 387 g/mol. The van der Waals surface area contributed by atoms with Gasteiger partial charge in [0, 0.05) is 16.6 Å². The summed E-state index contributed by atoms with van der Waals surface area (Å²) in [6.45, 7) is 2.77. The molecule has 3 rings (SSSR count). The van der Waals surface area contributed by atoms with Crippen molar-refractivity contribution in [2.75, 3.05) is 18.7 Å². The Morgan fingerprint density at radius 2 is 2.23 bits per heavy atom. The van der Waals surface area contributed by atoms with Gasteiger partial charge in [0.15, 0.2) is 16.6 Å². The van der Waals surface area contributed by atoms with Crippen molar-refractivity contribution in [2.45, 2.75) is 31.5 Å². The van der Waals surface area contributed by atoms with Crippen LogP contribution in [0.1, 0.15) is 13.3 Å². The van der Waals surface area contributed by atoms with Crippen LogP contribution in [0, 0.1) is 0 Å². The number of nitrogens with one attached hydrogen (secondary N) is 2. The largest absolute Gasteiger partial charge is 0.454 e. The van der Waals surface area contributed by atoms with Crippen LogP contribution in [0.25, 0.3) is 0 Å². The molecule has 0 aliphatic carbocycles. The molecule has 0 aromatic heterocycles. The highest BCUT2D eigenvalue weighted by molar-refractivity contribution is 9.10. The molecule has 0 radical (unpaired) electrons. The molecule has 0 unspecified atom stereocenters. The fourth-order valence-electron chi connectivity index (χ4n) is 2.54. The van der Waals surface area contributed by atoms with Crippen LogP contribution in [0.3, 0.4) is 0 Å². The number of anilines is 1. The van der Waals surface area contributed by atoms with Crippen molar-refractivity contribution >= 4 is 38.9 Å². The van der Waals surface area contributed by atoms with Gasteiger partial charge < -0.3 is 30.6 Å². The first-order valence-corrected chi connectivity index (χ1v) is 8.27. The molecule has 8 heteroatoms. The van der Waals surface area contributed by atoms with Crippen LogP contribution in [0.4, 0.5) is 5.69 Å². The maximum absolute atomic E-state index is 6.07. The van der Waals surface area contributed by atoms with Crippen LogP contribution in [-0.4, -0.2) is 36.7 Å². The summed E-state index contributed by atoms with van der Waals surface area (Å²) in [5.41, 5.74) is 6.83. The summed E-state index contributed by atoms with van der Waals surface area (Å²) in [5, 5.41) is 6.93. The van der Waals surface area contributed by atoms with Crippen molar-refractivity contribution < 1.29 is 14.2 Å². The van der Waals surface area contributed by atoms with E-state index >= 15 is 0 Å². The van der Waals surface area contributed by atoms with Crippen molar-refractivity contribution in [3.05, 3.63) is 16.6 Å². The number of halogens is 1. The van der Waals surface area contributed by atoms with E-state index in [9.17, 15) is 0 Å². The molecule has 0 saturated carbocycles. The Morgan fingerprint density at radius 3 is 3.05 bits per heavy atom. The third-order valence-corrected chi connectivity index (χ3v) is 4.60. The predicted molar refractivity (Wildman–Crippen MR) is 91.4 cm³/mol. The number of ether oxygens (including phenoxy) is 3. The molecule has 3 atom stereocenters. The lowest BCUT2D eigenvalue weighted by Gasteiger charge is -2.34. The van der Waals surface area contributed by atoms with E-state index < -0.39 is 0 Å². The first kappa shape index (κ1) is 15.8. The van der Waals surface area contributed by atoms with Crippen LogP contribution in [0.5, 0.6) is 11.5 Å². The summed E-state index contributed by atoms with van der Waals surface area (Å²) >= 11 is 8.90. The van der Waals surface area contributed by atoms with E-state index in [1.165, 1.54) is 0 Å². The highest BCUT2D eigenvalue weighted by Crippen LogP contribution is 2.43. The van der Waals surface area contributed by atoms with Crippen LogP contribution in [0.15, 0.2) is 16.6 Å². The average Bonchev–Trinajstić information content (AvgIpc) is 2.95. The molecule has 0 spiro atoms. The van der Waals surface area contributed by atoms with Crippen molar-refractivity contribution in [2.24, 2.45) is 5.73 Å². The lowest BCUT2D eigenvalue weighted by Crippen LogP contribution is -2.55. The van der Waals surface area contributed by atoms with Gasteiger partial charge in [-0.2, -0.15) is 0 Å². The molecule has 2 heterocycles. The smallest absolute Gasteiger partial charge is 0.231 e. The molecule has 120 valence electrons. The average molecular weight is 388 g/mol. The summed E-state index contributed by atoms with van der Waals surface area (Å²) < 4.78 is 17.2. The van der Waals surface area contributed by atoms with Gasteiger partial charge in [-0.15, -0.1) is 0 Å². The Bertz CT molecular complexity index is 587. The predicted octanol–water partition coefficient (Wildman–Crippen LogP) is 1.97. The second-order valence-electron chi connectivity index (χ2n) is 5.40. The zero-order valence-electron chi connectivity index (χ0n) is 12.1. The van der Waals surface area contributed by atoms with E-state index in [1.807, 2.05) is 19.1 Å². The highest BCUT2D eigenvalue weighted by Gasteiger charge is 2.28. The van der Waals surface area contributed by atoms with E-state index in [4.69, 9.17) is 32.2 Å². The fraction of sp³-hybridized carbons (Fsp3) is 0.500. The number of hydrogen-bond donors (Lipinski definition) is 3. The summed E-state index contributed by atoms with van der Waals surface area (Å²) in [6.07, 6.45) is 0.987. The third-order valence-electron chi connectivity index (χ3n) is 3.72. The zero-order valence-corrected chi connectivity index (χ0v) is 14.5. The van der Waals surface area contributed by atoms with Crippen molar-refractivity contribution in [1.29, 1.82) is 0 Å². The van der Waals surface area contributed by atoms with E-state index in [0.717, 1.165) is 16.6 Å². The zero-order chi connectivity index (χ0) is 15.7. The standard InChI is InChI=1S/C14H18BrN3O3S/c1-7-4-10(9(16)5-19-7)17-14(22)18-12-8(15)2-3-11-13(12)21-6-20-11/h2-3,7,9-10H,4-6,16H2,1H3,(H2,17,18,22)/t7-,9-,10+/m0/s1. The maximum Gasteiger partial charge on any atom is 0.231 e. The summed E-state index contributed by atoms with van der Waals surface area (Å²) in [5.74, 6) is 1.35.